The van der Waals surface area contributed by atoms with Crippen LogP contribution in [-0.2, 0) is 6.54 Å². The summed E-state index contributed by atoms with van der Waals surface area (Å²) in [6, 6.07) is 15.0. The van der Waals surface area contributed by atoms with E-state index in [0.717, 1.165) is 25.6 Å². The summed E-state index contributed by atoms with van der Waals surface area (Å²) >= 11 is 5.94. The molecule has 2 aromatic rings. The van der Waals surface area contributed by atoms with Gasteiger partial charge in [0, 0.05) is 22.8 Å². The highest BCUT2D eigenvalue weighted by Gasteiger charge is 2.15. The average Bonchev–Trinajstić information content (AvgIpc) is 2.57. The van der Waals surface area contributed by atoms with Gasteiger partial charge >= 0.3 is 0 Å². The van der Waals surface area contributed by atoms with Crippen molar-refractivity contribution in [3.05, 3.63) is 64.7 Å². The molecule has 0 atom stereocenters. The summed E-state index contributed by atoms with van der Waals surface area (Å²) in [6.07, 6.45) is 2.56. The van der Waals surface area contributed by atoms with Crippen molar-refractivity contribution in [1.29, 1.82) is 0 Å². The Morgan fingerprint density at radius 3 is 2.54 bits per heavy atom. The van der Waals surface area contributed by atoms with Gasteiger partial charge in [-0.05, 0) is 67.7 Å². The van der Waals surface area contributed by atoms with Gasteiger partial charge in [0.1, 0.15) is 0 Å². The van der Waals surface area contributed by atoms with Crippen molar-refractivity contribution in [2.24, 2.45) is 5.92 Å². The van der Waals surface area contributed by atoms with Crippen LogP contribution >= 0.6 is 11.6 Å². The third-order valence-corrected chi connectivity index (χ3v) is 4.82. The number of halogens is 1. The summed E-state index contributed by atoms with van der Waals surface area (Å²) in [7, 11) is 0. The van der Waals surface area contributed by atoms with Gasteiger partial charge in [-0.1, -0.05) is 36.7 Å². The maximum absolute atomic E-state index is 12.3. The highest BCUT2D eigenvalue weighted by atomic mass is 35.5. The van der Waals surface area contributed by atoms with E-state index in [0.29, 0.717) is 16.3 Å². The lowest BCUT2D eigenvalue weighted by Gasteiger charge is -2.30. The zero-order chi connectivity index (χ0) is 16.9. The van der Waals surface area contributed by atoms with E-state index in [1.807, 2.05) is 36.4 Å². The maximum atomic E-state index is 12.3. The van der Waals surface area contributed by atoms with Crippen molar-refractivity contribution in [3.63, 3.8) is 0 Å². The predicted octanol–water partition coefficient (Wildman–Crippen LogP) is 4.82. The van der Waals surface area contributed by atoms with Crippen LogP contribution in [0.4, 0.5) is 5.69 Å². The van der Waals surface area contributed by atoms with Crippen molar-refractivity contribution >= 4 is 23.2 Å². The highest BCUT2D eigenvalue weighted by molar-refractivity contribution is 6.30. The standard InChI is InChI=1S/C20H23ClN2O/c1-15-9-11-23(12-10-15)14-16-5-7-17(8-6-16)20(24)22-19-4-2-3-18(21)13-19/h2-8,13,15H,9-12,14H2,1H3,(H,22,24). The first-order chi connectivity index (χ1) is 11.6. The molecule has 0 aliphatic carbocycles. The molecular weight excluding hydrogens is 320 g/mol. The van der Waals surface area contributed by atoms with Crippen molar-refractivity contribution < 1.29 is 4.79 Å². The Hall–Kier alpha value is -1.84. The molecule has 24 heavy (non-hydrogen) atoms. The average molecular weight is 343 g/mol. The van der Waals surface area contributed by atoms with Crippen LogP contribution in [0.1, 0.15) is 35.7 Å². The predicted molar refractivity (Wildman–Crippen MR) is 99.5 cm³/mol. The first-order valence-electron chi connectivity index (χ1n) is 8.48. The van der Waals surface area contributed by atoms with Crippen LogP contribution in [0.15, 0.2) is 48.5 Å². The molecule has 1 aliphatic heterocycles. The molecule has 1 aliphatic rings. The molecule has 1 heterocycles. The van der Waals surface area contributed by atoms with E-state index in [9.17, 15) is 4.79 Å². The number of piperidine rings is 1. The summed E-state index contributed by atoms with van der Waals surface area (Å²) in [5.74, 6) is 0.731. The molecule has 126 valence electrons. The van der Waals surface area contributed by atoms with E-state index < -0.39 is 0 Å². The van der Waals surface area contributed by atoms with Gasteiger partial charge in [0.25, 0.3) is 5.91 Å². The lowest BCUT2D eigenvalue weighted by molar-refractivity contribution is 0.102. The summed E-state index contributed by atoms with van der Waals surface area (Å²) in [5, 5.41) is 3.48. The molecule has 3 rings (SSSR count). The van der Waals surface area contributed by atoms with Crippen molar-refractivity contribution in [1.82, 2.24) is 4.90 Å². The van der Waals surface area contributed by atoms with E-state index in [4.69, 9.17) is 11.6 Å². The van der Waals surface area contributed by atoms with E-state index in [2.05, 4.69) is 17.1 Å². The van der Waals surface area contributed by atoms with Gasteiger partial charge in [0.2, 0.25) is 0 Å². The number of likely N-dealkylation sites (tertiary alicyclic amines) is 1. The van der Waals surface area contributed by atoms with Gasteiger partial charge in [-0.15, -0.1) is 0 Å². The van der Waals surface area contributed by atoms with Crippen molar-refractivity contribution in [2.45, 2.75) is 26.3 Å². The molecule has 0 spiro atoms. The van der Waals surface area contributed by atoms with Crippen molar-refractivity contribution in [3.8, 4) is 0 Å². The quantitative estimate of drug-likeness (QED) is 0.863. The van der Waals surface area contributed by atoms with Gasteiger partial charge < -0.3 is 5.32 Å². The third-order valence-electron chi connectivity index (χ3n) is 4.58. The first kappa shape index (κ1) is 17.0. The molecule has 0 radical (unpaired) electrons. The molecular formula is C20H23ClN2O. The van der Waals surface area contributed by atoms with Crippen molar-refractivity contribution in [2.75, 3.05) is 18.4 Å². The Morgan fingerprint density at radius 1 is 1.17 bits per heavy atom. The second kappa shape index (κ2) is 7.82. The van der Waals surface area contributed by atoms with Gasteiger partial charge in [0.05, 0.1) is 0 Å². The fourth-order valence-corrected chi connectivity index (χ4v) is 3.20. The van der Waals surface area contributed by atoms with Crippen LogP contribution in [0, 0.1) is 5.92 Å². The number of nitrogens with zero attached hydrogens (tertiary/aromatic N) is 1. The normalized spacial score (nSPS) is 16.1. The Labute approximate surface area is 148 Å². The lowest BCUT2D eigenvalue weighted by Crippen LogP contribution is -2.32. The largest absolute Gasteiger partial charge is 0.322 e. The van der Waals surface area contributed by atoms with Gasteiger partial charge in [0.15, 0.2) is 0 Å². The molecule has 1 fully saturated rings. The molecule has 0 saturated carbocycles. The molecule has 0 aromatic heterocycles. The van der Waals surface area contributed by atoms with Gasteiger partial charge in [-0.3, -0.25) is 9.69 Å². The SMILES string of the molecule is CC1CCN(Cc2ccc(C(=O)Nc3cccc(Cl)c3)cc2)CC1. The Balaban J connectivity index is 1.58. The van der Waals surface area contributed by atoms with Crippen LogP contribution < -0.4 is 5.32 Å². The Bertz CT molecular complexity index is 691. The number of carbonyl (C=O) groups excluding carboxylic acids is 1. The minimum atomic E-state index is -0.115. The molecule has 0 bridgehead atoms. The van der Waals surface area contributed by atoms with E-state index >= 15 is 0 Å². The molecule has 1 saturated heterocycles. The molecule has 1 amide bonds. The van der Waals surface area contributed by atoms with Crippen LogP contribution in [0.2, 0.25) is 5.02 Å². The number of amides is 1. The maximum Gasteiger partial charge on any atom is 0.255 e. The fraction of sp³-hybridized carbons (Fsp3) is 0.350. The van der Waals surface area contributed by atoms with E-state index in [-0.39, 0.29) is 5.91 Å². The van der Waals surface area contributed by atoms with E-state index in [1.165, 1.54) is 18.4 Å². The number of benzene rings is 2. The van der Waals surface area contributed by atoms with E-state index in [1.54, 1.807) is 12.1 Å². The first-order valence-corrected chi connectivity index (χ1v) is 8.86. The summed E-state index contributed by atoms with van der Waals surface area (Å²) in [6.45, 7) is 5.61. The number of nitrogens with one attached hydrogen (secondary N) is 1. The van der Waals surface area contributed by atoms with Crippen LogP contribution in [0.25, 0.3) is 0 Å². The monoisotopic (exact) mass is 342 g/mol. The Morgan fingerprint density at radius 2 is 1.88 bits per heavy atom. The number of anilines is 1. The topological polar surface area (TPSA) is 32.3 Å². The zero-order valence-corrected chi connectivity index (χ0v) is 14.7. The smallest absolute Gasteiger partial charge is 0.255 e. The van der Waals surface area contributed by atoms with Crippen LogP contribution in [0.3, 0.4) is 0 Å². The molecule has 3 nitrogen and oxygen atoms in total. The fourth-order valence-electron chi connectivity index (χ4n) is 3.01. The number of carbonyl (C=O) groups is 1. The summed E-state index contributed by atoms with van der Waals surface area (Å²) in [5.41, 5.74) is 2.62. The van der Waals surface area contributed by atoms with Crippen LogP contribution in [-0.4, -0.2) is 23.9 Å². The zero-order valence-electron chi connectivity index (χ0n) is 14.0. The van der Waals surface area contributed by atoms with Gasteiger partial charge in [-0.2, -0.15) is 0 Å². The molecule has 0 unspecified atom stereocenters. The minimum absolute atomic E-state index is 0.115. The third kappa shape index (κ3) is 4.59. The second-order valence-corrected chi connectivity index (χ2v) is 7.06. The molecule has 2 aromatic carbocycles. The molecule has 1 N–H and O–H groups in total. The number of hydrogen-bond donors (Lipinski definition) is 1. The number of rotatable bonds is 4. The Kier molecular flexibility index (Phi) is 5.54. The van der Waals surface area contributed by atoms with Crippen LogP contribution in [0.5, 0.6) is 0 Å². The summed E-state index contributed by atoms with van der Waals surface area (Å²) < 4.78 is 0. The minimum Gasteiger partial charge on any atom is -0.322 e. The summed E-state index contributed by atoms with van der Waals surface area (Å²) in [4.78, 5) is 14.8. The lowest BCUT2D eigenvalue weighted by atomic mass is 9.99. The second-order valence-electron chi connectivity index (χ2n) is 6.62. The molecule has 4 heteroatoms. The number of hydrogen-bond acceptors (Lipinski definition) is 2. The van der Waals surface area contributed by atoms with Gasteiger partial charge in [-0.25, -0.2) is 0 Å². The highest BCUT2D eigenvalue weighted by Crippen LogP contribution is 2.19.